The number of hydrogen-bond acceptors (Lipinski definition) is 3. The number of amides is 1. The van der Waals surface area contributed by atoms with Crippen molar-refractivity contribution in [3.63, 3.8) is 0 Å². The van der Waals surface area contributed by atoms with E-state index in [-0.39, 0.29) is 11.9 Å². The molecular formula is C16H23NO4Se. The molecular weight excluding hydrogens is 349 g/mol. The monoisotopic (exact) mass is 373 g/mol. The number of nitrogens with zero attached hydrogens (tertiary/aromatic N) is 1. The molecule has 1 N–H and O–H groups in total. The van der Waals surface area contributed by atoms with Gasteiger partial charge in [-0.25, -0.2) is 0 Å². The molecule has 1 amide bonds. The molecule has 1 rings (SSSR count). The van der Waals surface area contributed by atoms with Crippen molar-refractivity contribution in [3.8, 4) is 0 Å². The van der Waals surface area contributed by atoms with Crippen LogP contribution in [0.3, 0.4) is 0 Å². The van der Waals surface area contributed by atoms with E-state index in [0.29, 0.717) is 0 Å². The summed E-state index contributed by atoms with van der Waals surface area (Å²) >= 11 is 2.21. The minimum atomic E-state index is -1.04. The van der Waals surface area contributed by atoms with Crippen LogP contribution in [-0.4, -0.2) is 49.7 Å². The molecule has 1 aromatic rings. The minimum absolute atomic E-state index is 0.198. The van der Waals surface area contributed by atoms with Gasteiger partial charge in [-0.15, -0.1) is 0 Å². The van der Waals surface area contributed by atoms with Crippen molar-refractivity contribution in [2.24, 2.45) is 0 Å². The summed E-state index contributed by atoms with van der Waals surface area (Å²) in [7, 11) is 0. The zero-order valence-corrected chi connectivity index (χ0v) is 15.2. The number of aliphatic carboxylic acids is 1. The zero-order chi connectivity index (χ0) is 16.9. The van der Waals surface area contributed by atoms with Crippen LogP contribution in [0.15, 0.2) is 24.3 Å². The van der Waals surface area contributed by atoms with Crippen molar-refractivity contribution in [2.75, 3.05) is 0 Å². The first kappa shape index (κ1) is 18.5. The van der Waals surface area contributed by atoms with Gasteiger partial charge in [-0.3, -0.25) is 0 Å². The van der Waals surface area contributed by atoms with Crippen molar-refractivity contribution in [1.29, 1.82) is 0 Å². The second-order valence-corrected chi connectivity index (χ2v) is 6.90. The van der Waals surface area contributed by atoms with Crippen molar-refractivity contribution in [1.82, 2.24) is 4.90 Å². The fourth-order valence-corrected chi connectivity index (χ4v) is 2.56. The normalized spacial score (nSPS) is 12.6. The van der Waals surface area contributed by atoms with E-state index >= 15 is 0 Å². The summed E-state index contributed by atoms with van der Waals surface area (Å²) in [5.74, 6) is -1.04. The maximum atomic E-state index is 12.4. The van der Waals surface area contributed by atoms with Crippen LogP contribution < -0.4 is 0 Å². The van der Waals surface area contributed by atoms with Crippen molar-refractivity contribution >= 4 is 28.1 Å². The van der Waals surface area contributed by atoms with E-state index in [1.807, 2.05) is 31.2 Å². The Bertz CT molecular complexity index is 522. The Balaban J connectivity index is 3.02. The molecule has 0 unspecified atom stereocenters. The Hall–Kier alpha value is -1.52. The van der Waals surface area contributed by atoms with Gasteiger partial charge in [0.1, 0.15) is 0 Å². The van der Waals surface area contributed by atoms with Gasteiger partial charge in [0.05, 0.1) is 0 Å². The number of carbonyl (C=O) groups is 2. The Labute approximate surface area is 139 Å². The molecule has 0 aliphatic rings. The number of carboxylic acid groups (broad SMARTS) is 1. The van der Waals surface area contributed by atoms with Crippen molar-refractivity contribution in [3.05, 3.63) is 35.4 Å². The fraction of sp³-hybridized carbons (Fsp3) is 0.500. The van der Waals surface area contributed by atoms with Crippen LogP contribution in [0.1, 0.15) is 31.9 Å². The molecule has 0 heterocycles. The van der Waals surface area contributed by atoms with Gasteiger partial charge in [-0.1, -0.05) is 0 Å². The molecule has 0 saturated carbocycles. The summed E-state index contributed by atoms with van der Waals surface area (Å²) in [6.07, 6.45) is -0.619. The molecule has 1 aromatic carbocycles. The van der Waals surface area contributed by atoms with Gasteiger partial charge in [-0.05, 0) is 0 Å². The van der Waals surface area contributed by atoms with E-state index in [1.54, 1.807) is 20.8 Å². The first-order valence-corrected chi connectivity index (χ1v) is 8.35. The Kier molecular flexibility index (Phi) is 6.45. The molecule has 122 valence electrons. The van der Waals surface area contributed by atoms with E-state index in [4.69, 9.17) is 4.74 Å². The number of ether oxygens (including phenoxy) is 1. The van der Waals surface area contributed by atoms with Crippen LogP contribution in [0.2, 0.25) is 5.32 Å². The molecule has 0 aromatic heterocycles. The first-order chi connectivity index (χ1) is 10.1. The molecule has 0 spiro atoms. The van der Waals surface area contributed by atoms with Crippen LogP contribution in [0, 0.1) is 6.92 Å². The third-order valence-corrected chi connectivity index (χ3v) is 3.66. The van der Waals surface area contributed by atoms with Crippen molar-refractivity contribution < 1.29 is 19.4 Å². The zero-order valence-electron chi connectivity index (χ0n) is 13.4. The molecule has 5 nitrogen and oxygen atoms in total. The average Bonchev–Trinajstić information content (AvgIpc) is 2.38. The van der Waals surface area contributed by atoms with Gasteiger partial charge in [-0.2, -0.15) is 0 Å². The number of carboxylic acids is 1. The van der Waals surface area contributed by atoms with Crippen LogP contribution >= 0.6 is 0 Å². The van der Waals surface area contributed by atoms with Crippen molar-refractivity contribution in [2.45, 2.75) is 51.2 Å². The third-order valence-electron chi connectivity index (χ3n) is 2.94. The molecule has 0 bridgehead atoms. The van der Waals surface area contributed by atoms with Crippen LogP contribution in [0.4, 0.5) is 4.79 Å². The molecule has 1 atom stereocenters. The number of aryl methyl sites for hydroxylation is 1. The van der Waals surface area contributed by atoms with E-state index in [1.165, 1.54) is 4.90 Å². The maximum absolute atomic E-state index is 12.4. The van der Waals surface area contributed by atoms with Crippen LogP contribution in [0.25, 0.3) is 0 Å². The first-order valence-electron chi connectivity index (χ1n) is 7.03. The topological polar surface area (TPSA) is 66.8 Å². The quantitative estimate of drug-likeness (QED) is 0.807. The molecule has 0 radical (unpaired) electrons. The van der Waals surface area contributed by atoms with Gasteiger partial charge in [0.25, 0.3) is 0 Å². The Morgan fingerprint density at radius 1 is 1.27 bits per heavy atom. The number of benzene rings is 1. The Morgan fingerprint density at radius 2 is 1.82 bits per heavy atom. The predicted octanol–water partition coefficient (Wildman–Crippen LogP) is 2.50. The van der Waals surface area contributed by atoms with E-state index < -0.39 is 23.7 Å². The molecule has 0 aliphatic heterocycles. The molecule has 0 aliphatic carbocycles. The molecule has 6 heteroatoms. The predicted molar refractivity (Wildman–Crippen MR) is 86.3 cm³/mol. The van der Waals surface area contributed by atoms with Crippen LogP contribution in [0.5, 0.6) is 0 Å². The Morgan fingerprint density at radius 3 is 2.23 bits per heavy atom. The van der Waals surface area contributed by atoms with Gasteiger partial charge in [0.15, 0.2) is 0 Å². The van der Waals surface area contributed by atoms with E-state index in [9.17, 15) is 14.7 Å². The van der Waals surface area contributed by atoms with E-state index in [2.05, 4.69) is 16.0 Å². The summed E-state index contributed by atoms with van der Waals surface area (Å²) in [4.78, 5) is 25.1. The van der Waals surface area contributed by atoms with Gasteiger partial charge in [0.2, 0.25) is 0 Å². The standard InChI is InChI=1S/C16H23NO4Se/c1-11-5-7-12(8-6-11)9-17(13(10-22)14(18)19)15(20)21-16(2,3)4/h5-8,13,22H,9-10H2,1-4H3,(H,18,19)/t13-/m0/s1. The van der Waals surface area contributed by atoms with Gasteiger partial charge in [0, 0.05) is 0 Å². The molecule has 0 fully saturated rings. The second-order valence-electron chi connectivity index (χ2n) is 6.13. The summed E-state index contributed by atoms with van der Waals surface area (Å²) in [6, 6.07) is 6.70. The molecule has 22 heavy (non-hydrogen) atoms. The second kappa shape index (κ2) is 7.65. The van der Waals surface area contributed by atoms with Crippen LogP contribution in [-0.2, 0) is 16.1 Å². The van der Waals surface area contributed by atoms with Gasteiger partial charge >= 0.3 is 139 Å². The SMILES string of the molecule is Cc1ccc(CN(C(=O)OC(C)(C)C)[C@@H](C[SeH])C(=O)O)cc1. The summed E-state index contributed by atoms with van der Waals surface area (Å²) in [5.41, 5.74) is 1.30. The third kappa shape index (κ3) is 5.70. The van der Waals surface area contributed by atoms with Gasteiger partial charge < -0.3 is 0 Å². The number of hydrogen-bond donors (Lipinski definition) is 1. The summed E-state index contributed by atoms with van der Waals surface area (Å²) in [5, 5.41) is 9.61. The fourth-order valence-electron chi connectivity index (χ4n) is 1.82. The number of carbonyl (C=O) groups excluding carboxylic acids is 1. The summed E-state index contributed by atoms with van der Waals surface area (Å²) < 4.78 is 5.35. The molecule has 0 saturated heterocycles. The summed E-state index contributed by atoms with van der Waals surface area (Å²) in [6.45, 7) is 7.44. The number of rotatable bonds is 5. The average molecular weight is 372 g/mol. The van der Waals surface area contributed by atoms with E-state index in [0.717, 1.165) is 11.1 Å².